The highest BCUT2D eigenvalue weighted by Crippen LogP contribution is 2.23. The fourth-order valence-electron chi connectivity index (χ4n) is 2.21. The van der Waals surface area contributed by atoms with E-state index in [-0.39, 0.29) is 11.9 Å². The summed E-state index contributed by atoms with van der Waals surface area (Å²) in [6.07, 6.45) is 0. The molecule has 2 aromatic carbocycles. The first kappa shape index (κ1) is 13.3. The Morgan fingerprint density at radius 1 is 0.947 bits per heavy atom. The van der Waals surface area contributed by atoms with Gasteiger partial charge in [-0.1, -0.05) is 54.6 Å². The molecule has 3 nitrogen and oxygen atoms in total. The van der Waals surface area contributed by atoms with Crippen LogP contribution in [0.4, 0.5) is 0 Å². The van der Waals surface area contributed by atoms with Crippen molar-refractivity contribution in [2.24, 2.45) is 5.73 Å². The molecule has 0 radical (unpaired) electrons. The van der Waals surface area contributed by atoms with Crippen LogP contribution in [0.25, 0.3) is 11.1 Å². The number of rotatable bonds is 4. The topological polar surface area (TPSA) is 46.3 Å². The molecule has 1 atom stereocenters. The highest BCUT2D eigenvalue weighted by atomic mass is 16.1. The van der Waals surface area contributed by atoms with Crippen LogP contribution >= 0.6 is 0 Å². The van der Waals surface area contributed by atoms with Gasteiger partial charge in [0.05, 0.1) is 0 Å². The molecule has 0 saturated carbocycles. The Morgan fingerprint density at radius 3 is 1.95 bits per heavy atom. The lowest BCUT2D eigenvalue weighted by Crippen LogP contribution is -2.32. The molecule has 1 amide bonds. The van der Waals surface area contributed by atoms with Crippen molar-refractivity contribution in [3.63, 3.8) is 0 Å². The number of carbonyl (C=O) groups is 1. The van der Waals surface area contributed by atoms with E-state index < -0.39 is 0 Å². The van der Waals surface area contributed by atoms with E-state index in [0.29, 0.717) is 0 Å². The number of amides is 1. The van der Waals surface area contributed by atoms with E-state index in [1.54, 1.807) is 0 Å². The summed E-state index contributed by atoms with van der Waals surface area (Å²) in [5.41, 5.74) is 8.64. The first-order chi connectivity index (χ1) is 9.09. The zero-order valence-corrected chi connectivity index (χ0v) is 11.2. The Bertz CT molecular complexity index is 547. The maximum Gasteiger partial charge on any atom is 0.239 e. The number of benzene rings is 2. The summed E-state index contributed by atoms with van der Waals surface area (Å²) in [6.45, 7) is 0. The van der Waals surface area contributed by atoms with E-state index in [4.69, 9.17) is 5.73 Å². The van der Waals surface area contributed by atoms with Crippen molar-refractivity contribution in [1.82, 2.24) is 4.90 Å². The minimum atomic E-state index is -0.384. The Balaban J connectivity index is 2.30. The molecule has 0 bridgehead atoms. The minimum Gasteiger partial charge on any atom is -0.368 e. The fourth-order valence-corrected chi connectivity index (χ4v) is 2.21. The third-order valence-corrected chi connectivity index (χ3v) is 3.12. The van der Waals surface area contributed by atoms with E-state index in [2.05, 4.69) is 12.1 Å². The van der Waals surface area contributed by atoms with Gasteiger partial charge in [0, 0.05) is 0 Å². The van der Waals surface area contributed by atoms with Crippen LogP contribution in [0.15, 0.2) is 54.6 Å². The van der Waals surface area contributed by atoms with E-state index >= 15 is 0 Å². The predicted octanol–water partition coefficient (Wildman–Crippen LogP) is 2.44. The number of carbonyl (C=O) groups excluding carboxylic acids is 1. The van der Waals surface area contributed by atoms with Gasteiger partial charge in [-0.3, -0.25) is 9.69 Å². The molecule has 0 aliphatic carbocycles. The van der Waals surface area contributed by atoms with Gasteiger partial charge < -0.3 is 5.73 Å². The predicted molar refractivity (Wildman–Crippen MR) is 77.5 cm³/mol. The molecule has 0 heterocycles. The second kappa shape index (κ2) is 5.67. The van der Waals surface area contributed by atoms with Gasteiger partial charge in [-0.2, -0.15) is 0 Å². The summed E-state index contributed by atoms with van der Waals surface area (Å²) in [6, 6.07) is 17.7. The fraction of sp³-hybridized carbons (Fsp3) is 0.188. The summed E-state index contributed by atoms with van der Waals surface area (Å²) in [5.74, 6) is -0.336. The number of hydrogen-bond donors (Lipinski definition) is 1. The van der Waals surface area contributed by atoms with Crippen LogP contribution in [-0.2, 0) is 4.79 Å². The van der Waals surface area contributed by atoms with Gasteiger partial charge >= 0.3 is 0 Å². The number of nitrogens with zero attached hydrogens (tertiary/aromatic N) is 1. The average molecular weight is 254 g/mol. The van der Waals surface area contributed by atoms with Crippen LogP contribution in [-0.4, -0.2) is 24.9 Å². The largest absolute Gasteiger partial charge is 0.368 e. The second-order valence-electron chi connectivity index (χ2n) is 4.76. The molecular formula is C16H18N2O. The van der Waals surface area contributed by atoms with Gasteiger partial charge in [-0.15, -0.1) is 0 Å². The Morgan fingerprint density at radius 2 is 1.47 bits per heavy atom. The highest BCUT2D eigenvalue weighted by Gasteiger charge is 2.19. The summed E-state index contributed by atoms with van der Waals surface area (Å²) < 4.78 is 0. The summed E-state index contributed by atoms with van der Waals surface area (Å²) >= 11 is 0. The molecule has 2 N–H and O–H groups in total. The van der Waals surface area contributed by atoms with Crippen molar-refractivity contribution < 1.29 is 4.79 Å². The standard InChI is InChI=1S/C16H18N2O/c1-18(2)15(16(17)19)14-10-8-13(9-11-14)12-6-4-3-5-7-12/h3-11,15H,1-2H3,(H2,17,19). The Kier molecular flexibility index (Phi) is 3.97. The normalized spacial score (nSPS) is 12.4. The molecule has 98 valence electrons. The van der Waals surface area contributed by atoms with Crippen molar-refractivity contribution >= 4 is 5.91 Å². The SMILES string of the molecule is CN(C)C(C(N)=O)c1ccc(-c2ccccc2)cc1. The van der Waals surface area contributed by atoms with Gasteiger partial charge in [-0.25, -0.2) is 0 Å². The summed E-state index contributed by atoms with van der Waals surface area (Å²) in [4.78, 5) is 13.3. The van der Waals surface area contributed by atoms with Crippen LogP contribution in [0.1, 0.15) is 11.6 Å². The van der Waals surface area contributed by atoms with Crippen LogP contribution in [0, 0.1) is 0 Å². The van der Waals surface area contributed by atoms with Crippen molar-refractivity contribution in [2.45, 2.75) is 6.04 Å². The van der Waals surface area contributed by atoms with Crippen LogP contribution in [0.5, 0.6) is 0 Å². The first-order valence-corrected chi connectivity index (χ1v) is 6.20. The number of nitrogens with two attached hydrogens (primary N) is 1. The van der Waals surface area contributed by atoms with E-state index in [0.717, 1.165) is 16.7 Å². The van der Waals surface area contributed by atoms with E-state index in [1.165, 1.54) is 0 Å². The van der Waals surface area contributed by atoms with E-state index in [9.17, 15) is 4.79 Å². The molecule has 2 aromatic rings. The van der Waals surface area contributed by atoms with Gasteiger partial charge in [0.15, 0.2) is 0 Å². The highest BCUT2D eigenvalue weighted by molar-refractivity contribution is 5.81. The van der Waals surface area contributed by atoms with Crippen molar-refractivity contribution in [3.05, 3.63) is 60.2 Å². The first-order valence-electron chi connectivity index (χ1n) is 6.20. The van der Waals surface area contributed by atoms with Gasteiger partial charge in [0.2, 0.25) is 5.91 Å². The van der Waals surface area contributed by atoms with Crippen molar-refractivity contribution in [1.29, 1.82) is 0 Å². The van der Waals surface area contributed by atoms with Gasteiger partial charge in [0.1, 0.15) is 6.04 Å². The molecule has 0 aliphatic rings. The molecule has 2 rings (SSSR count). The Hall–Kier alpha value is -2.13. The van der Waals surface area contributed by atoms with Crippen molar-refractivity contribution in [2.75, 3.05) is 14.1 Å². The molecule has 3 heteroatoms. The van der Waals surface area contributed by atoms with Crippen LogP contribution in [0.3, 0.4) is 0 Å². The summed E-state index contributed by atoms with van der Waals surface area (Å²) in [7, 11) is 3.70. The average Bonchev–Trinajstić information content (AvgIpc) is 2.40. The molecule has 0 spiro atoms. The molecule has 0 saturated heterocycles. The van der Waals surface area contributed by atoms with Crippen LogP contribution in [0.2, 0.25) is 0 Å². The lowest BCUT2D eigenvalue weighted by atomic mass is 10.00. The molecule has 0 aliphatic heterocycles. The Labute approximate surface area is 113 Å². The lowest BCUT2D eigenvalue weighted by molar-refractivity contribution is -0.122. The molecule has 0 fully saturated rings. The maximum absolute atomic E-state index is 11.5. The quantitative estimate of drug-likeness (QED) is 0.911. The zero-order valence-electron chi connectivity index (χ0n) is 11.2. The second-order valence-corrected chi connectivity index (χ2v) is 4.76. The number of likely N-dealkylation sites (N-methyl/N-ethyl adjacent to an activating group) is 1. The third-order valence-electron chi connectivity index (χ3n) is 3.12. The van der Waals surface area contributed by atoms with Crippen molar-refractivity contribution in [3.8, 4) is 11.1 Å². The number of hydrogen-bond acceptors (Lipinski definition) is 2. The molecule has 19 heavy (non-hydrogen) atoms. The molecule has 1 unspecified atom stereocenters. The van der Waals surface area contributed by atoms with Gasteiger partial charge in [-0.05, 0) is 30.8 Å². The minimum absolute atomic E-state index is 0.336. The van der Waals surface area contributed by atoms with Gasteiger partial charge in [0.25, 0.3) is 0 Å². The lowest BCUT2D eigenvalue weighted by Gasteiger charge is -2.21. The maximum atomic E-state index is 11.5. The monoisotopic (exact) mass is 254 g/mol. The van der Waals surface area contributed by atoms with Crippen LogP contribution < -0.4 is 5.73 Å². The smallest absolute Gasteiger partial charge is 0.239 e. The zero-order chi connectivity index (χ0) is 13.8. The van der Waals surface area contributed by atoms with E-state index in [1.807, 2.05) is 61.5 Å². The third kappa shape index (κ3) is 3.01. The number of primary amides is 1. The molecule has 0 aromatic heterocycles. The summed E-state index contributed by atoms with van der Waals surface area (Å²) in [5, 5.41) is 0. The molecular weight excluding hydrogens is 236 g/mol.